The molecular formula is C13H12BrN3O2S. The Hall–Kier alpha value is -1.86. The standard InChI is InChI=1S/C13H12BrN3O2S/c14-9-3-5-10(6-4-9)16-12(18)8-19-17-13(15)11-2-1-7-20-11/h1-7H,8H2,(H2,15,17)(H,16,18). The zero-order chi connectivity index (χ0) is 14.4. The van der Waals surface area contributed by atoms with Crippen molar-refractivity contribution in [3.05, 3.63) is 51.1 Å². The Bertz CT molecular complexity index is 597. The summed E-state index contributed by atoms with van der Waals surface area (Å²) < 4.78 is 0.945. The molecule has 104 valence electrons. The van der Waals surface area contributed by atoms with E-state index in [9.17, 15) is 4.79 Å². The van der Waals surface area contributed by atoms with Crippen LogP contribution in [0.15, 0.2) is 51.4 Å². The van der Waals surface area contributed by atoms with Gasteiger partial charge >= 0.3 is 0 Å². The number of nitrogens with one attached hydrogen (secondary N) is 1. The van der Waals surface area contributed by atoms with Gasteiger partial charge in [0.2, 0.25) is 0 Å². The summed E-state index contributed by atoms with van der Waals surface area (Å²) in [6.07, 6.45) is 0. The van der Waals surface area contributed by atoms with Gasteiger partial charge in [-0.3, -0.25) is 4.79 Å². The van der Waals surface area contributed by atoms with E-state index >= 15 is 0 Å². The lowest BCUT2D eigenvalue weighted by molar-refractivity contribution is -0.120. The third-order valence-corrected chi connectivity index (χ3v) is 3.68. The number of nitrogens with zero attached hydrogens (tertiary/aromatic N) is 1. The zero-order valence-corrected chi connectivity index (χ0v) is 12.8. The molecular weight excluding hydrogens is 342 g/mol. The van der Waals surface area contributed by atoms with E-state index in [-0.39, 0.29) is 18.3 Å². The molecule has 1 aromatic heterocycles. The SMILES string of the molecule is NC(=NOCC(=O)Nc1ccc(Br)cc1)c1cccs1. The number of anilines is 1. The van der Waals surface area contributed by atoms with Crippen molar-refractivity contribution in [3.8, 4) is 0 Å². The molecule has 2 aromatic rings. The Balaban J connectivity index is 1.81. The van der Waals surface area contributed by atoms with Crippen LogP contribution in [-0.2, 0) is 9.63 Å². The first-order valence-corrected chi connectivity index (χ1v) is 7.37. The van der Waals surface area contributed by atoms with E-state index in [1.165, 1.54) is 11.3 Å². The lowest BCUT2D eigenvalue weighted by Gasteiger charge is -2.04. The van der Waals surface area contributed by atoms with E-state index in [1.54, 1.807) is 12.1 Å². The fourth-order valence-corrected chi connectivity index (χ4v) is 2.24. The first kappa shape index (κ1) is 14.5. The number of carbonyl (C=O) groups excluding carboxylic acids is 1. The normalized spacial score (nSPS) is 11.2. The molecule has 0 atom stereocenters. The highest BCUT2D eigenvalue weighted by Gasteiger charge is 2.04. The van der Waals surface area contributed by atoms with Gasteiger partial charge in [-0.1, -0.05) is 27.2 Å². The molecule has 0 saturated heterocycles. The van der Waals surface area contributed by atoms with Gasteiger partial charge in [0.1, 0.15) is 0 Å². The summed E-state index contributed by atoms with van der Waals surface area (Å²) in [7, 11) is 0. The smallest absolute Gasteiger partial charge is 0.265 e. The number of amidine groups is 1. The van der Waals surface area contributed by atoms with Gasteiger partial charge < -0.3 is 15.9 Å². The lowest BCUT2D eigenvalue weighted by Crippen LogP contribution is -2.19. The predicted octanol–water partition coefficient (Wildman–Crippen LogP) is 2.79. The van der Waals surface area contributed by atoms with Crippen molar-refractivity contribution in [2.24, 2.45) is 10.9 Å². The second-order valence-electron chi connectivity index (χ2n) is 3.78. The lowest BCUT2D eigenvalue weighted by atomic mass is 10.3. The Morgan fingerprint density at radius 3 is 2.75 bits per heavy atom. The second kappa shape index (κ2) is 7.06. The summed E-state index contributed by atoms with van der Waals surface area (Å²) in [5, 5.41) is 8.27. The van der Waals surface area contributed by atoms with Crippen molar-refractivity contribution in [1.82, 2.24) is 0 Å². The molecule has 0 spiro atoms. The molecule has 0 fully saturated rings. The maximum absolute atomic E-state index is 11.6. The molecule has 3 N–H and O–H groups in total. The maximum Gasteiger partial charge on any atom is 0.265 e. The van der Waals surface area contributed by atoms with Crippen LogP contribution in [0.1, 0.15) is 4.88 Å². The average Bonchev–Trinajstić information content (AvgIpc) is 2.95. The summed E-state index contributed by atoms with van der Waals surface area (Å²) in [4.78, 5) is 17.3. The number of hydrogen-bond acceptors (Lipinski definition) is 4. The predicted molar refractivity (Wildman–Crippen MR) is 83.8 cm³/mol. The number of benzene rings is 1. The zero-order valence-electron chi connectivity index (χ0n) is 10.4. The third-order valence-electron chi connectivity index (χ3n) is 2.26. The minimum atomic E-state index is -0.296. The fourth-order valence-electron chi connectivity index (χ4n) is 1.36. The van der Waals surface area contributed by atoms with Gasteiger partial charge in [-0.05, 0) is 35.7 Å². The molecule has 7 heteroatoms. The Morgan fingerprint density at radius 2 is 2.10 bits per heavy atom. The molecule has 0 aliphatic heterocycles. The highest BCUT2D eigenvalue weighted by molar-refractivity contribution is 9.10. The highest BCUT2D eigenvalue weighted by Crippen LogP contribution is 2.14. The maximum atomic E-state index is 11.6. The minimum absolute atomic E-state index is 0.192. The monoisotopic (exact) mass is 353 g/mol. The van der Waals surface area contributed by atoms with E-state index in [4.69, 9.17) is 10.6 Å². The van der Waals surface area contributed by atoms with Crippen LogP contribution in [0.5, 0.6) is 0 Å². The molecule has 1 amide bonds. The van der Waals surface area contributed by atoms with Crippen LogP contribution in [0, 0.1) is 0 Å². The van der Waals surface area contributed by atoms with Gasteiger partial charge in [-0.2, -0.15) is 0 Å². The van der Waals surface area contributed by atoms with Gasteiger partial charge in [-0.25, -0.2) is 0 Å². The Morgan fingerprint density at radius 1 is 1.35 bits per heavy atom. The molecule has 1 heterocycles. The van der Waals surface area contributed by atoms with Crippen molar-refractivity contribution in [2.45, 2.75) is 0 Å². The van der Waals surface area contributed by atoms with Crippen LogP contribution in [0.3, 0.4) is 0 Å². The Labute approximate surface area is 128 Å². The molecule has 20 heavy (non-hydrogen) atoms. The van der Waals surface area contributed by atoms with E-state index in [1.807, 2.05) is 29.6 Å². The van der Waals surface area contributed by atoms with E-state index in [2.05, 4.69) is 26.4 Å². The molecule has 0 radical (unpaired) electrons. The van der Waals surface area contributed by atoms with Crippen molar-refractivity contribution in [2.75, 3.05) is 11.9 Å². The average molecular weight is 354 g/mol. The largest absolute Gasteiger partial charge is 0.384 e. The molecule has 0 bridgehead atoms. The molecule has 5 nitrogen and oxygen atoms in total. The van der Waals surface area contributed by atoms with Gasteiger partial charge in [-0.15, -0.1) is 11.3 Å². The minimum Gasteiger partial charge on any atom is -0.384 e. The number of amides is 1. The molecule has 1 aromatic carbocycles. The van der Waals surface area contributed by atoms with E-state index < -0.39 is 0 Å². The number of halogens is 1. The van der Waals surface area contributed by atoms with Crippen molar-refractivity contribution in [1.29, 1.82) is 0 Å². The summed E-state index contributed by atoms with van der Waals surface area (Å²) in [5.41, 5.74) is 6.39. The number of rotatable bonds is 5. The van der Waals surface area contributed by atoms with Crippen LogP contribution < -0.4 is 11.1 Å². The molecule has 0 saturated carbocycles. The van der Waals surface area contributed by atoms with Gasteiger partial charge in [0.15, 0.2) is 12.4 Å². The summed E-state index contributed by atoms with van der Waals surface area (Å²) >= 11 is 4.77. The van der Waals surface area contributed by atoms with Gasteiger partial charge in [0, 0.05) is 10.2 Å². The number of nitrogens with two attached hydrogens (primary N) is 1. The topological polar surface area (TPSA) is 76.7 Å². The van der Waals surface area contributed by atoms with Crippen LogP contribution >= 0.6 is 27.3 Å². The third kappa shape index (κ3) is 4.36. The Kier molecular flexibility index (Phi) is 5.14. The first-order valence-electron chi connectivity index (χ1n) is 5.70. The fraction of sp³-hybridized carbons (Fsp3) is 0.0769. The highest BCUT2D eigenvalue weighted by atomic mass is 79.9. The molecule has 0 aliphatic rings. The quantitative estimate of drug-likeness (QED) is 0.492. The number of thiophene rings is 1. The summed E-state index contributed by atoms with van der Waals surface area (Å²) in [6.45, 7) is -0.192. The van der Waals surface area contributed by atoms with Crippen LogP contribution in [0.4, 0.5) is 5.69 Å². The number of carbonyl (C=O) groups is 1. The van der Waals surface area contributed by atoms with E-state index in [0.717, 1.165) is 9.35 Å². The molecule has 2 rings (SSSR count). The van der Waals surface area contributed by atoms with Crippen molar-refractivity contribution < 1.29 is 9.63 Å². The van der Waals surface area contributed by atoms with Crippen LogP contribution in [0.2, 0.25) is 0 Å². The van der Waals surface area contributed by atoms with E-state index in [0.29, 0.717) is 5.69 Å². The van der Waals surface area contributed by atoms with Crippen LogP contribution in [0.25, 0.3) is 0 Å². The summed E-state index contributed by atoms with van der Waals surface area (Å²) in [5.74, 6) is -0.0357. The van der Waals surface area contributed by atoms with Crippen molar-refractivity contribution >= 4 is 44.7 Å². The molecule has 0 unspecified atom stereocenters. The number of oxime groups is 1. The number of hydrogen-bond donors (Lipinski definition) is 2. The first-order chi connectivity index (χ1) is 9.65. The molecule has 0 aliphatic carbocycles. The van der Waals surface area contributed by atoms with Crippen LogP contribution in [-0.4, -0.2) is 18.3 Å². The van der Waals surface area contributed by atoms with Gasteiger partial charge in [0.25, 0.3) is 5.91 Å². The second-order valence-corrected chi connectivity index (χ2v) is 5.65. The van der Waals surface area contributed by atoms with Crippen molar-refractivity contribution in [3.63, 3.8) is 0 Å². The summed E-state index contributed by atoms with van der Waals surface area (Å²) in [6, 6.07) is 10.9. The van der Waals surface area contributed by atoms with Gasteiger partial charge in [0.05, 0.1) is 4.88 Å².